The van der Waals surface area contributed by atoms with Crippen LogP contribution in [0.15, 0.2) is 18.2 Å². The Balaban J connectivity index is 1.89. The average molecular weight is 286 g/mol. The molecule has 0 amide bonds. The molecule has 1 N–H and O–H groups in total. The molecule has 1 fully saturated rings. The van der Waals surface area contributed by atoms with Gasteiger partial charge >= 0.3 is 0 Å². The molecule has 2 rings (SSSR count). The van der Waals surface area contributed by atoms with Crippen LogP contribution in [0, 0.1) is 5.92 Å². The summed E-state index contributed by atoms with van der Waals surface area (Å²) in [4.78, 5) is 0. The lowest BCUT2D eigenvalue weighted by atomic mass is 9.88. The second kappa shape index (κ2) is 6.79. The minimum atomic E-state index is 0.638. The van der Waals surface area contributed by atoms with Gasteiger partial charge in [0.05, 0.1) is 10.0 Å². The van der Waals surface area contributed by atoms with Gasteiger partial charge in [-0.3, -0.25) is 0 Å². The van der Waals surface area contributed by atoms with Crippen LogP contribution in [0.4, 0.5) is 0 Å². The van der Waals surface area contributed by atoms with Crippen molar-refractivity contribution >= 4 is 23.2 Å². The minimum absolute atomic E-state index is 0.638. The summed E-state index contributed by atoms with van der Waals surface area (Å²) >= 11 is 12.2. The van der Waals surface area contributed by atoms with Crippen molar-refractivity contribution in [2.24, 2.45) is 5.92 Å². The van der Waals surface area contributed by atoms with Crippen molar-refractivity contribution in [3.8, 4) is 0 Å². The third-order valence-electron chi connectivity index (χ3n) is 3.97. The molecule has 18 heavy (non-hydrogen) atoms. The molecule has 2 atom stereocenters. The maximum atomic E-state index is 6.21. The number of rotatable bonds is 4. The maximum Gasteiger partial charge on any atom is 0.0624 e. The number of benzene rings is 1. The van der Waals surface area contributed by atoms with E-state index in [4.69, 9.17) is 23.2 Å². The molecule has 3 heteroatoms. The van der Waals surface area contributed by atoms with E-state index in [-0.39, 0.29) is 0 Å². The van der Waals surface area contributed by atoms with E-state index >= 15 is 0 Å². The zero-order valence-electron chi connectivity index (χ0n) is 10.9. The molecule has 1 aliphatic heterocycles. The molecule has 0 bridgehead atoms. The second-order valence-electron chi connectivity index (χ2n) is 5.20. The third kappa shape index (κ3) is 3.63. The van der Waals surface area contributed by atoms with E-state index in [1.165, 1.54) is 24.8 Å². The van der Waals surface area contributed by atoms with E-state index in [0.29, 0.717) is 11.1 Å². The summed E-state index contributed by atoms with van der Waals surface area (Å²) in [6.45, 7) is 3.45. The molecule has 2 unspecified atom stereocenters. The number of hydrogen-bond acceptors (Lipinski definition) is 1. The molecule has 1 saturated heterocycles. The van der Waals surface area contributed by atoms with Crippen molar-refractivity contribution in [2.45, 2.75) is 45.1 Å². The number of halogens is 2. The van der Waals surface area contributed by atoms with Gasteiger partial charge in [0.15, 0.2) is 0 Å². The van der Waals surface area contributed by atoms with Gasteiger partial charge in [0.2, 0.25) is 0 Å². The lowest BCUT2D eigenvalue weighted by molar-refractivity contribution is 0.285. The second-order valence-corrected chi connectivity index (χ2v) is 5.99. The van der Waals surface area contributed by atoms with Crippen molar-refractivity contribution in [3.63, 3.8) is 0 Å². The van der Waals surface area contributed by atoms with Gasteiger partial charge in [-0.15, -0.1) is 0 Å². The number of piperidine rings is 1. The van der Waals surface area contributed by atoms with E-state index in [2.05, 4.69) is 18.3 Å². The summed E-state index contributed by atoms with van der Waals surface area (Å²) in [5.41, 5.74) is 1.17. The predicted molar refractivity (Wildman–Crippen MR) is 79.6 cm³/mol. The van der Waals surface area contributed by atoms with Crippen LogP contribution in [0.25, 0.3) is 0 Å². The van der Waals surface area contributed by atoms with E-state index in [9.17, 15) is 0 Å². The molecule has 100 valence electrons. The van der Waals surface area contributed by atoms with Crippen LogP contribution in [0.3, 0.4) is 0 Å². The van der Waals surface area contributed by atoms with Crippen LogP contribution in [0.1, 0.15) is 38.2 Å². The SMILES string of the molecule is CCC1CCNC(CCc2cccc(Cl)c2Cl)C1. The first-order valence-electron chi connectivity index (χ1n) is 6.87. The molecule has 0 aliphatic carbocycles. The smallest absolute Gasteiger partial charge is 0.0624 e. The normalized spacial score (nSPS) is 24.2. The summed E-state index contributed by atoms with van der Waals surface area (Å²) in [7, 11) is 0. The first kappa shape index (κ1) is 14.2. The van der Waals surface area contributed by atoms with Crippen molar-refractivity contribution in [1.82, 2.24) is 5.32 Å². The molecule has 1 aromatic rings. The fourth-order valence-corrected chi connectivity index (χ4v) is 3.17. The summed E-state index contributed by atoms with van der Waals surface area (Å²) in [5, 5.41) is 5.00. The first-order chi connectivity index (χ1) is 8.70. The lowest BCUT2D eigenvalue weighted by Crippen LogP contribution is -2.38. The molecule has 0 aromatic heterocycles. The zero-order chi connectivity index (χ0) is 13.0. The summed E-state index contributed by atoms with van der Waals surface area (Å²) < 4.78 is 0. The Morgan fingerprint density at radius 2 is 2.17 bits per heavy atom. The Morgan fingerprint density at radius 1 is 1.33 bits per heavy atom. The van der Waals surface area contributed by atoms with E-state index < -0.39 is 0 Å². The highest BCUT2D eigenvalue weighted by Gasteiger charge is 2.20. The number of aryl methyl sites for hydroxylation is 1. The van der Waals surface area contributed by atoms with Crippen molar-refractivity contribution in [1.29, 1.82) is 0 Å². The molecule has 0 spiro atoms. The van der Waals surface area contributed by atoms with Crippen molar-refractivity contribution in [3.05, 3.63) is 33.8 Å². The number of hydrogen-bond donors (Lipinski definition) is 1. The molecule has 1 aliphatic rings. The van der Waals surface area contributed by atoms with Crippen LogP contribution >= 0.6 is 23.2 Å². The van der Waals surface area contributed by atoms with Gasteiger partial charge in [-0.1, -0.05) is 48.7 Å². The predicted octanol–water partition coefficient (Wildman–Crippen LogP) is 4.70. The highest BCUT2D eigenvalue weighted by molar-refractivity contribution is 6.42. The highest BCUT2D eigenvalue weighted by Crippen LogP contribution is 2.28. The van der Waals surface area contributed by atoms with E-state index in [1.54, 1.807) is 0 Å². The molecule has 0 radical (unpaired) electrons. The standard InChI is InChI=1S/C15H21Cl2N/c1-2-11-8-9-18-13(10-11)7-6-12-4-3-5-14(16)15(12)17/h3-5,11,13,18H,2,6-10H2,1H3. The van der Waals surface area contributed by atoms with Gasteiger partial charge in [-0.25, -0.2) is 0 Å². The van der Waals surface area contributed by atoms with Gasteiger partial charge < -0.3 is 5.32 Å². The van der Waals surface area contributed by atoms with Gasteiger partial charge in [0.1, 0.15) is 0 Å². The largest absolute Gasteiger partial charge is 0.314 e. The fraction of sp³-hybridized carbons (Fsp3) is 0.600. The van der Waals surface area contributed by atoms with Crippen LogP contribution in [-0.2, 0) is 6.42 Å². The van der Waals surface area contributed by atoms with Crippen molar-refractivity contribution < 1.29 is 0 Å². The van der Waals surface area contributed by atoms with Gasteiger partial charge in [-0.2, -0.15) is 0 Å². The summed E-state index contributed by atoms with van der Waals surface area (Å²) in [6.07, 6.45) is 6.08. The fourth-order valence-electron chi connectivity index (χ4n) is 2.76. The van der Waals surface area contributed by atoms with Gasteiger partial charge in [0, 0.05) is 6.04 Å². The van der Waals surface area contributed by atoms with Crippen LogP contribution < -0.4 is 5.32 Å². The first-order valence-corrected chi connectivity index (χ1v) is 7.62. The molecular formula is C15H21Cl2N. The maximum absolute atomic E-state index is 6.21. The van der Waals surface area contributed by atoms with Crippen molar-refractivity contribution in [2.75, 3.05) is 6.54 Å². The summed E-state index contributed by atoms with van der Waals surface area (Å²) in [6, 6.07) is 6.54. The Labute approximate surface area is 120 Å². The van der Waals surface area contributed by atoms with E-state index in [0.717, 1.165) is 30.3 Å². The van der Waals surface area contributed by atoms with Gasteiger partial charge in [0.25, 0.3) is 0 Å². The molecule has 1 nitrogen and oxygen atoms in total. The quantitative estimate of drug-likeness (QED) is 0.845. The Bertz CT molecular complexity index is 392. The van der Waals surface area contributed by atoms with Crippen LogP contribution in [0.5, 0.6) is 0 Å². The van der Waals surface area contributed by atoms with Gasteiger partial charge in [-0.05, 0) is 49.8 Å². The zero-order valence-corrected chi connectivity index (χ0v) is 12.4. The highest BCUT2D eigenvalue weighted by atomic mass is 35.5. The number of nitrogens with one attached hydrogen (secondary N) is 1. The van der Waals surface area contributed by atoms with Crippen LogP contribution in [-0.4, -0.2) is 12.6 Å². The van der Waals surface area contributed by atoms with E-state index in [1.807, 2.05) is 12.1 Å². The topological polar surface area (TPSA) is 12.0 Å². The Hall–Kier alpha value is -0.240. The third-order valence-corrected chi connectivity index (χ3v) is 4.83. The molecule has 1 heterocycles. The molecular weight excluding hydrogens is 265 g/mol. The Kier molecular flexibility index (Phi) is 5.35. The molecule has 0 saturated carbocycles. The Morgan fingerprint density at radius 3 is 2.94 bits per heavy atom. The molecule has 1 aromatic carbocycles. The minimum Gasteiger partial charge on any atom is -0.314 e. The van der Waals surface area contributed by atoms with Crippen LogP contribution in [0.2, 0.25) is 10.0 Å². The summed E-state index contributed by atoms with van der Waals surface area (Å²) in [5.74, 6) is 0.895. The average Bonchev–Trinajstić information content (AvgIpc) is 2.41. The lowest BCUT2D eigenvalue weighted by Gasteiger charge is -2.29. The monoisotopic (exact) mass is 285 g/mol.